The van der Waals surface area contributed by atoms with E-state index in [4.69, 9.17) is 0 Å². The average Bonchev–Trinajstić information content (AvgIpc) is 3.03. The van der Waals surface area contributed by atoms with E-state index in [-0.39, 0.29) is 0 Å². The first-order valence-electron chi connectivity index (χ1n) is 8.28. The largest absolute Gasteiger partial charge is 0.313 e. The van der Waals surface area contributed by atoms with Crippen LogP contribution in [0.25, 0.3) is 0 Å². The van der Waals surface area contributed by atoms with Gasteiger partial charge in [-0.2, -0.15) is 0 Å². The van der Waals surface area contributed by atoms with Gasteiger partial charge in [0.15, 0.2) is 0 Å². The summed E-state index contributed by atoms with van der Waals surface area (Å²) in [7, 11) is 0. The molecule has 2 aliphatic carbocycles. The number of hydrogen-bond donors (Lipinski definition) is 1. The van der Waals surface area contributed by atoms with E-state index in [0.29, 0.717) is 0 Å². The first-order chi connectivity index (χ1) is 8.81. The van der Waals surface area contributed by atoms with Crippen molar-refractivity contribution < 1.29 is 0 Å². The fourth-order valence-corrected chi connectivity index (χ4v) is 3.93. The van der Waals surface area contributed by atoms with Gasteiger partial charge >= 0.3 is 0 Å². The molecule has 0 radical (unpaired) electrons. The van der Waals surface area contributed by atoms with Crippen molar-refractivity contribution in [1.29, 1.82) is 0 Å². The molecule has 0 bridgehead atoms. The topological polar surface area (TPSA) is 15.3 Å². The number of nitrogens with one attached hydrogen (secondary N) is 1. The molecule has 3 fully saturated rings. The van der Waals surface area contributed by atoms with E-state index < -0.39 is 0 Å². The van der Waals surface area contributed by atoms with E-state index in [1.165, 1.54) is 71.0 Å². The minimum atomic E-state index is 0.793. The standard InChI is InChI=1S/C16H30N2/c1-13-4-2-6-16(10-13)18(11-14-7-8-14)12-15-5-3-9-17-15/h13-17H,2-12H2,1H3. The van der Waals surface area contributed by atoms with Crippen LogP contribution in [-0.2, 0) is 0 Å². The lowest BCUT2D eigenvalue weighted by molar-refractivity contribution is 0.119. The molecule has 1 N–H and O–H groups in total. The number of hydrogen-bond acceptors (Lipinski definition) is 2. The Labute approximate surface area is 113 Å². The van der Waals surface area contributed by atoms with Crippen LogP contribution in [0.2, 0.25) is 0 Å². The Balaban J connectivity index is 1.56. The predicted octanol–water partition coefficient (Wildman–Crippen LogP) is 3.03. The highest BCUT2D eigenvalue weighted by molar-refractivity contribution is 4.87. The molecule has 104 valence electrons. The molecule has 0 amide bonds. The van der Waals surface area contributed by atoms with Crippen molar-refractivity contribution in [2.24, 2.45) is 11.8 Å². The highest BCUT2D eigenvalue weighted by Crippen LogP contribution is 2.34. The van der Waals surface area contributed by atoms with Gasteiger partial charge in [-0.05, 0) is 56.9 Å². The lowest BCUT2D eigenvalue weighted by Crippen LogP contribution is -2.46. The normalized spacial score (nSPS) is 37.3. The second-order valence-corrected chi connectivity index (χ2v) is 7.12. The molecule has 2 nitrogen and oxygen atoms in total. The zero-order valence-electron chi connectivity index (χ0n) is 12.0. The van der Waals surface area contributed by atoms with Gasteiger partial charge in [0.25, 0.3) is 0 Å². The first-order valence-corrected chi connectivity index (χ1v) is 8.28. The van der Waals surface area contributed by atoms with E-state index in [1.54, 1.807) is 0 Å². The minimum absolute atomic E-state index is 0.793. The second kappa shape index (κ2) is 5.92. The Bertz CT molecular complexity index is 256. The molecule has 0 spiro atoms. The quantitative estimate of drug-likeness (QED) is 0.807. The number of rotatable bonds is 5. The van der Waals surface area contributed by atoms with Crippen LogP contribution in [0.1, 0.15) is 58.3 Å². The van der Waals surface area contributed by atoms with E-state index in [2.05, 4.69) is 17.1 Å². The van der Waals surface area contributed by atoms with E-state index >= 15 is 0 Å². The zero-order chi connectivity index (χ0) is 12.4. The fourth-order valence-electron chi connectivity index (χ4n) is 3.93. The molecule has 3 unspecified atom stereocenters. The Morgan fingerprint density at radius 1 is 1.00 bits per heavy atom. The third-order valence-electron chi connectivity index (χ3n) is 5.23. The van der Waals surface area contributed by atoms with Crippen LogP contribution >= 0.6 is 0 Å². The third kappa shape index (κ3) is 3.48. The summed E-state index contributed by atoms with van der Waals surface area (Å²) in [6, 6.07) is 1.69. The summed E-state index contributed by atoms with van der Waals surface area (Å²) < 4.78 is 0. The highest BCUT2D eigenvalue weighted by atomic mass is 15.2. The zero-order valence-corrected chi connectivity index (χ0v) is 12.0. The van der Waals surface area contributed by atoms with E-state index in [0.717, 1.165) is 23.9 Å². The average molecular weight is 250 g/mol. The van der Waals surface area contributed by atoms with Gasteiger partial charge < -0.3 is 5.32 Å². The minimum Gasteiger partial charge on any atom is -0.313 e. The van der Waals surface area contributed by atoms with Gasteiger partial charge in [0.1, 0.15) is 0 Å². The Hall–Kier alpha value is -0.0800. The smallest absolute Gasteiger partial charge is 0.0195 e. The summed E-state index contributed by atoms with van der Waals surface area (Å²) in [4.78, 5) is 2.87. The maximum Gasteiger partial charge on any atom is 0.0195 e. The SMILES string of the molecule is CC1CCCC(N(CC2CC2)CC2CCCN2)C1. The molecule has 0 aromatic rings. The van der Waals surface area contributed by atoms with Gasteiger partial charge in [0, 0.05) is 25.2 Å². The Morgan fingerprint density at radius 3 is 2.56 bits per heavy atom. The monoisotopic (exact) mass is 250 g/mol. The predicted molar refractivity (Wildman–Crippen MR) is 76.7 cm³/mol. The Morgan fingerprint density at radius 2 is 1.89 bits per heavy atom. The van der Waals surface area contributed by atoms with Crippen molar-refractivity contribution in [3.63, 3.8) is 0 Å². The van der Waals surface area contributed by atoms with Gasteiger partial charge in [0.05, 0.1) is 0 Å². The van der Waals surface area contributed by atoms with Crippen molar-refractivity contribution in [2.45, 2.75) is 70.4 Å². The second-order valence-electron chi connectivity index (χ2n) is 7.12. The third-order valence-corrected chi connectivity index (χ3v) is 5.23. The van der Waals surface area contributed by atoms with Crippen molar-refractivity contribution in [1.82, 2.24) is 10.2 Å². The van der Waals surface area contributed by atoms with E-state index in [1.807, 2.05) is 0 Å². The number of nitrogens with zero attached hydrogens (tertiary/aromatic N) is 1. The lowest BCUT2D eigenvalue weighted by atomic mass is 9.86. The molecule has 1 heterocycles. The molecule has 2 saturated carbocycles. The molecule has 1 aliphatic heterocycles. The van der Waals surface area contributed by atoms with Gasteiger partial charge in [0.2, 0.25) is 0 Å². The van der Waals surface area contributed by atoms with Crippen molar-refractivity contribution >= 4 is 0 Å². The van der Waals surface area contributed by atoms with Crippen molar-refractivity contribution in [3.05, 3.63) is 0 Å². The van der Waals surface area contributed by atoms with Crippen LogP contribution in [0.3, 0.4) is 0 Å². The molecule has 0 aromatic carbocycles. The maximum absolute atomic E-state index is 3.69. The molecule has 3 rings (SSSR count). The summed E-state index contributed by atoms with van der Waals surface area (Å²) in [5, 5.41) is 3.69. The van der Waals surface area contributed by atoms with Crippen molar-refractivity contribution in [2.75, 3.05) is 19.6 Å². The van der Waals surface area contributed by atoms with Gasteiger partial charge in [-0.25, -0.2) is 0 Å². The molecule has 2 heteroatoms. The van der Waals surface area contributed by atoms with Crippen LogP contribution in [-0.4, -0.2) is 36.6 Å². The lowest BCUT2D eigenvalue weighted by Gasteiger charge is -2.38. The van der Waals surface area contributed by atoms with Crippen LogP contribution in [0.15, 0.2) is 0 Å². The molecular weight excluding hydrogens is 220 g/mol. The fraction of sp³-hybridized carbons (Fsp3) is 1.00. The Kier molecular flexibility index (Phi) is 4.25. The van der Waals surface area contributed by atoms with Crippen LogP contribution < -0.4 is 5.32 Å². The van der Waals surface area contributed by atoms with Gasteiger partial charge in [-0.3, -0.25) is 4.90 Å². The first kappa shape index (κ1) is 12.9. The summed E-state index contributed by atoms with van der Waals surface area (Å²) in [6.07, 6.45) is 11.6. The van der Waals surface area contributed by atoms with Crippen LogP contribution in [0.4, 0.5) is 0 Å². The van der Waals surface area contributed by atoms with Gasteiger partial charge in [-0.1, -0.05) is 19.8 Å². The molecule has 0 aromatic heterocycles. The molecule has 1 saturated heterocycles. The molecule has 3 aliphatic rings. The summed E-state index contributed by atoms with van der Waals surface area (Å²) in [5.41, 5.74) is 0. The highest BCUT2D eigenvalue weighted by Gasteiger charge is 2.32. The van der Waals surface area contributed by atoms with Crippen LogP contribution in [0, 0.1) is 11.8 Å². The van der Waals surface area contributed by atoms with Crippen LogP contribution in [0.5, 0.6) is 0 Å². The summed E-state index contributed by atoms with van der Waals surface area (Å²) >= 11 is 0. The van der Waals surface area contributed by atoms with Crippen molar-refractivity contribution in [3.8, 4) is 0 Å². The van der Waals surface area contributed by atoms with E-state index in [9.17, 15) is 0 Å². The summed E-state index contributed by atoms with van der Waals surface area (Å²) in [6.45, 7) is 6.43. The maximum atomic E-state index is 3.69. The molecular formula is C16H30N2. The van der Waals surface area contributed by atoms with Gasteiger partial charge in [-0.15, -0.1) is 0 Å². The molecule has 3 atom stereocenters. The summed E-state index contributed by atoms with van der Waals surface area (Å²) in [5.74, 6) is 2.01. The molecule has 18 heavy (non-hydrogen) atoms.